The summed E-state index contributed by atoms with van der Waals surface area (Å²) in [5.74, 6) is -0.497. The number of morpholine rings is 1. The summed E-state index contributed by atoms with van der Waals surface area (Å²) in [7, 11) is 1.30. The maximum Gasteiger partial charge on any atom is 0.328 e. The number of nitrogens with one attached hydrogen (secondary N) is 2. The lowest BCUT2D eigenvalue weighted by atomic mass is 10.0. The minimum atomic E-state index is -0.790. The highest BCUT2D eigenvalue weighted by Crippen LogP contribution is 2.19. The number of ether oxygens (including phenoxy) is 2. The zero-order chi connectivity index (χ0) is 20.6. The second kappa shape index (κ2) is 10.3. The van der Waals surface area contributed by atoms with Crippen LogP contribution in [0.2, 0.25) is 0 Å². The molecule has 1 aromatic carbocycles. The van der Waals surface area contributed by atoms with Crippen molar-refractivity contribution in [3.05, 3.63) is 36.0 Å². The van der Waals surface area contributed by atoms with Gasteiger partial charge in [-0.15, -0.1) is 11.8 Å². The van der Waals surface area contributed by atoms with Gasteiger partial charge in [0.15, 0.2) is 0 Å². The number of benzene rings is 1. The summed E-state index contributed by atoms with van der Waals surface area (Å²) in [6.07, 6.45) is 2.16. The highest BCUT2D eigenvalue weighted by molar-refractivity contribution is 8.00. The predicted molar refractivity (Wildman–Crippen MR) is 111 cm³/mol. The van der Waals surface area contributed by atoms with E-state index in [-0.39, 0.29) is 23.3 Å². The molecule has 0 aliphatic carbocycles. The lowest BCUT2D eigenvalue weighted by molar-refractivity contribution is -0.144. The molecular formula is C20H25N3O5S. The van der Waals surface area contributed by atoms with Gasteiger partial charge >= 0.3 is 5.97 Å². The number of fused-ring (bicyclic) bond motifs is 1. The molecule has 0 bridgehead atoms. The highest BCUT2D eigenvalue weighted by atomic mass is 32.2. The van der Waals surface area contributed by atoms with E-state index in [1.54, 1.807) is 4.90 Å². The number of H-pyrrole nitrogens is 1. The van der Waals surface area contributed by atoms with Crippen molar-refractivity contribution in [2.45, 2.75) is 12.5 Å². The van der Waals surface area contributed by atoms with E-state index >= 15 is 0 Å². The average Bonchev–Trinajstić information content (AvgIpc) is 3.16. The van der Waals surface area contributed by atoms with E-state index in [4.69, 9.17) is 9.47 Å². The van der Waals surface area contributed by atoms with Crippen molar-refractivity contribution in [1.29, 1.82) is 0 Å². The van der Waals surface area contributed by atoms with Crippen LogP contribution in [0.4, 0.5) is 0 Å². The Hall–Kier alpha value is -2.52. The van der Waals surface area contributed by atoms with Gasteiger partial charge < -0.3 is 24.7 Å². The maximum atomic E-state index is 12.3. The molecule has 2 N–H and O–H groups in total. The Labute approximate surface area is 173 Å². The minimum Gasteiger partial charge on any atom is -0.467 e. The monoisotopic (exact) mass is 419 g/mol. The van der Waals surface area contributed by atoms with Crippen LogP contribution in [-0.4, -0.2) is 78.6 Å². The number of carbonyl (C=O) groups excluding carboxylic acids is 3. The summed E-state index contributed by atoms with van der Waals surface area (Å²) in [6.45, 7) is 2.26. The lowest BCUT2D eigenvalue weighted by Crippen LogP contribution is -2.44. The van der Waals surface area contributed by atoms with Crippen molar-refractivity contribution in [2.75, 3.05) is 44.9 Å². The molecule has 2 heterocycles. The number of thioether (sulfide) groups is 1. The fourth-order valence-electron chi connectivity index (χ4n) is 3.23. The van der Waals surface area contributed by atoms with Gasteiger partial charge in [0, 0.05) is 36.6 Å². The van der Waals surface area contributed by atoms with E-state index in [0.29, 0.717) is 32.7 Å². The van der Waals surface area contributed by atoms with E-state index in [9.17, 15) is 14.4 Å². The molecule has 0 radical (unpaired) electrons. The molecule has 8 nitrogen and oxygen atoms in total. The van der Waals surface area contributed by atoms with Crippen molar-refractivity contribution in [3.8, 4) is 0 Å². The molecule has 1 aliphatic heterocycles. The molecule has 29 heavy (non-hydrogen) atoms. The van der Waals surface area contributed by atoms with Crippen LogP contribution in [0.5, 0.6) is 0 Å². The summed E-state index contributed by atoms with van der Waals surface area (Å²) < 4.78 is 10.1. The number of hydrogen-bond acceptors (Lipinski definition) is 6. The molecule has 1 fully saturated rings. The van der Waals surface area contributed by atoms with Crippen molar-refractivity contribution < 1.29 is 23.9 Å². The molecule has 2 aromatic rings. The van der Waals surface area contributed by atoms with Crippen molar-refractivity contribution in [2.24, 2.45) is 0 Å². The van der Waals surface area contributed by atoms with Crippen LogP contribution in [0.25, 0.3) is 10.9 Å². The van der Waals surface area contributed by atoms with Crippen LogP contribution >= 0.6 is 11.8 Å². The van der Waals surface area contributed by atoms with Gasteiger partial charge in [-0.2, -0.15) is 0 Å². The Kier molecular flexibility index (Phi) is 7.54. The summed E-state index contributed by atoms with van der Waals surface area (Å²) in [5.41, 5.74) is 1.89. The van der Waals surface area contributed by atoms with E-state index in [1.807, 2.05) is 30.5 Å². The molecule has 1 atom stereocenters. The maximum absolute atomic E-state index is 12.3. The molecule has 1 aliphatic rings. The fourth-order valence-corrected chi connectivity index (χ4v) is 3.96. The minimum absolute atomic E-state index is 0.00518. The van der Waals surface area contributed by atoms with Gasteiger partial charge in [0.2, 0.25) is 11.8 Å². The average molecular weight is 420 g/mol. The second-order valence-corrected chi connectivity index (χ2v) is 7.68. The SMILES string of the molecule is COC(=O)[C@@H](Cc1c[nH]c2ccccc12)NC(=O)CSCC(=O)N1CCOCC1. The normalized spacial score (nSPS) is 15.1. The number of esters is 1. The molecule has 0 spiro atoms. The Morgan fingerprint density at radius 3 is 2.76 bits per heavy atom. The fraction of sp³-hybridized carbons (Fsp3) is 0.450. The molecule has 156 valence electrons. The van der Waals surface area contributed by atoms with Gasteiger partial charge in [0.05, 0.1) is 31.8 Å². The third kappa shape index (κ3) is 5.74. The molecule has 1 saturated heterocycles. The van der Waals surface area contributed by atoms with Crippen LogP contribution in [0.3, 0.4) is 0 Å². The van der Waals surface area contributed by atoms with Gasteiger partial charge in [0.25, 0.3) is 0 Å². The molecule has 0 saturated carbocycles. The van der Waals surface area contributed by atoms with E-state index in [2.05, 4.69) is 10.3 Å². The Morgan fingerprint density at radius 1 is 1.24 bits per heavy atom. The van der Waals surface area contributed by atoms with Crippen LogP contribution in [0, 0.1) is 0 Å². The number of amides is 2. The lowest BCUT2D eigenvalue weighted by Gasteiger charge is -2.26. The number of carbonyl (C=O) groups is 3. The molecule has 2 amide bonds. The smallest absolute Gasteiger partial charge is 0.328 e. The molecular weight excluding hydrogens is 394 g/mol. The molecule has 3 rings (SSSR count). The Bertz CT molecular complexity index is 863. The number of rotatable bonds is 8. The van der Waals surface area contributed by atoms with E-state index in [0.717, 1.165) is 16.5 Å². The summed E-state index contributed by atoms with van der Waals surface area (Å²) in [5, 5.41) is 3.73. The summed E-state index contributed by atoms with van der Waals surface area (Å²) in [4.78, 5) is 41.5. The number of para-hydroxylation sites is 1. The Balaban J connectivity index is 1.52. The first-order valence-electron chi connectivity index (χ1n) is 9.44. The van der Waals surface area contributed by atoms with Gasteiger partial charge in [-0.3, -0.25) is 9.59 Å². The van der Waals surface area contributed by atoms with Crippen LogP contribution in [0.15, 0.2) is 30.5 Å². The first-order valence-corrected chi connectivity index (χ1v) is 10.6. The van der Waals surface area contributed by atoms with Gasteiger partial charge in [-0.1, -0.05) is 18.2 Å². The second-order valence-electron chi connectivity index (χ2n) is 6.69. The van der Waals surface area contributed by atoms with Gasteiger partial charge in [-0.25, -0.2) is 4.79 Å². The topological polar surface area (TPSA) is 101 Å². The predicted octanol–water partition coefficient (Wildman–Crippen LogP) is 0.960. The Morgan fingerprint density at radius 2 is 2.00 bits per heavy atom. The van der Waals surface area contributed by atoms with Gasteiger partial charge in [0.1, 0.15) is 6.04 Å². The molecule has 1 aromatic heterocycles. The number of aromatic amines is 1. The van der Waals surface area contributed by atoms with Crippen molar-refractivity contribution in [1.82, 2.24) is 15.2 Å². The number of methoxy groups -OCH3 is 1. The van der Waals surface area contributed by atoms with E-state index < -0.39 is 12.0 Å². The van der Waals surface area contributed by atoms with Crippen molar-refractivity contribution >= 4 is 40.4 Å². The first-order chi connectivity index (χ1) is 14.1. The molecule has 0 unspecified atom stereocenters. The quantitative estimate of drug-likeness (QED) is 0.618. The number of hydrogen-bond donors (Lipinski definition) is 2. The van der Waals surface area contributed by atoms with Crippen LogP contribution < -0.4 is 5.32 Å². The first kappa shape index (κ1) is 21.2. The number of aromatic nitrogens is 1. The summed E-state index contributed by atoms with van der Waals surface area (Å²) >= 11 is 1.23. The zero-order valence-electron chi connectivity index (χ0n) is 16.3. The third-order valence-electron chi connectivity index (χ3n) is 4.74. The van der Waals surface area contributed by atoms with Crippen molar-refractivity contribution in [3.63, 3.8) is 0 Å². The third-order valence-corrected chi connectivity index (χ3v) is 5.66. The van der Waals surface area contributed by atoms with Crippen LogP contribution in [0.1, 0.15) is 5.56 Å². The van der Waals surface area contributed by atoms with Gasteiger partial charge in [-0.05, 0) is 11.6 Å². The zero-order valence-corrected chi connectivity index (χ0v) is 17.1. The highest BCUT2D eigenvalue weighted by Gasteiger charge is 2.24. The molecule has 9 heteroatoms. The van der Waals surface area contributed by atoms with E-state index in [1.165, 1.54) is 18.9 Å². The van der Waals surface area contributed by atoms with Crippen LogP contribution in [-0.2, 0) is 30.3 Å². The number of nitrogens with zero attached hydrogens (tertiary/aromatic N) is 1. The standard InChI is InChI=1S/C20H25N3O5S/c1-27-20(26)17(10-14-11-21-16-5-3-2-4-15(14)16)22-18(24)12-29-13-19(25)23-6-8-28-9-7-23/h2-5,11,17,21H,6-10,12-13H2,1H3,(H,22,24)/t17-/m1/s1. The summed E-state index contributed by atoms with van der Waals surface area (Å²) in [6, 6.07) is 6.98. The largest absolute Gasteiger partial charge is 0.467 e.